The summed E-state index contributed by atoms with van der Waals surface area (Å²) in [5.41, 5.74) is 2.53. The minimum atomic E-state index is -1.88. The van der Waals surface area contributed by atoms with Crippen molar-refractivity contribution >= 4 is 16.9 Å². The molecule has 2 aliphatic rings. The van der Waals surface area contributed by atoms with E-state index in [0.717, 1.165) is 23.1 Å². The average Bonchev–Trinajstić information content (AvgIpc) is 3.14. The number of halogens is 1. The Morgan fingerprint density at radius 2 is 2.00 bits per heavy atom. The second-order valence-electron chi connectivity index (χ2n) is 9.19. The average molecular weight is 451 g/mol. The molecule has 2 aromatic heterocycles. The summed E-state index contributed by atoms with van der Waals surface area (Å²) >= 11 is 0. The molecule has 1 atom stereocenters. The lowest BCUT2D eigenvalue weighted by Gasteiger charge is -2.31. The summed E-state index contributed by atoms with van der Waals surface area (Å²) in [6, 6.07) is 4.94. The van der Waals surface area contributed by atoms with Crippen LogP contribution in [0.3, 0.4) is 0 Å². The number of aromatic nitrogens is 2. The third-order valence-corrected chi connectivity index (χ3v) is 6.90. The van der Waals surface area contributed by atoms with Gasteiger partial charge >= 0.3 is 5.97 Å². The van der Waals surface area contributed by atoms with Crippen LogP contribution in [-0.2, 0) is 34.7 Å². The monoisotopic (exact) mass is 451 g/mol. The van der Waals surface area contributed by atoms with Crippen LogP contribution in [0.4, 0.5) is 4.39 Å². The number of nitrogens with zero attached hydrogens (tertiary/aromatic N) is 3. The molecule has 2 aliphatic heterocycles. The molecule has 0 fully saturated rings. The lowest BCUT2D eigenvalue weighted by molar-refractivity contribution is -0.172. The highest BCUT2D eigenvalue weighted by molar-refractivity contribution is 5.89. The lowest BCUT2D eigenvalue weighted by Crippen LogP contribution is -2.44. The molecule has 33 heavy (non-hydrogen) atoms. The summed E-state index contributed by atoms with van der Waals surface area (Å²) in [5.74, 6) is -1.09. The number of carbonyl (C=O) groups excluding carboxylic acids is 1. The molecule has 7 nitrogen and oxygen atoms in total. The van der Waals surface area contributed by atoms with Gasteiger partial charge in [-0.15, -0.1) is 0 Å². The quantitative estimate of drug-likeness (QED) is 0.480. The summed E-state index contributed by atoms with van der Waals surface area (Å²) in [6.45, 7) is 4.34. The number of hydrogen-bond acceptors (Lipinski definition) is 6. The molecule has 0 bridgehead atoms. The third-order valence-electron chi connectivity index (χ3n) is 6.90. The largest absolute Gasteiger partial charge is 0.458 e. The highest BCUT2D eigenvalue weighted by Gasteiger charge is 2.45. The minimum Gasteiger partial charge on any atom is -0.458 e. The summed E-state index contributed by atoms with van der Waals surface area (Å²) in [4.78, 5) is 32.6. The number of hydrogen-bond donors (Lipinski definition) is 1. The number of ether oxygens (including phenoxy) is 1. The van der Waals surface area contributed by atoms with Crippen molar-refractivity contribution in [3.63, 3.8) is 0 Å². The van der Waals surface area contributed by atoms with E-state index < -0.39 is 11.6 Å². The Bertz CT molecular complexity index is 1400. The summed E-state index contributed by atoms with van der Waals surface area (Å²) in [6.07, 6.45) is 0.792. The summed E-state index contributed by atoms with van der Waals surface area (Å²) in [5, 5.41) is 11.9. The summed E-state index contributed by atoms with van der Waals surface area (Å²) in [7, 11) is 3.98. The Kier molecular flexibility index (Phi) is 4.91. The van der Waals surface area contributed by atoms with Gasteiger partial charge in [-0.25, -0.2) is 14.2 Å². The van der Waals surface area contributed by atoms with E-state index in [0.29, 0.717) is 35.4 Å². The molecular formula is C25H26FN3O4. The highest BCUT2D eigenvalue weighted by Crippen LogP contribution is 2.40. The van der Waals surface area contributed by atoms with Crippen molar-refractivity contribution in [2.75, 3.05) is 20.6 Å². The topological polar surface area (TPSA) is 84.7 Å². The van der Waals surface area contributed by atoms with Gasteiger partial charge in [-0.2, -0.15) is 0 Å². The molecule has 172 valence electrons. The van der Waals surface area contributed by atoms with E-state index in [1.165, 1.54) is 6.07 Å². The van der Waals surface area contributed by atoms with Gasteiger partial charge in [-0.1, -0.05) is 6.92 Å². The molecular weight excluding hydrogens is 425 g/mol. The second-order valence-corrected chi connectivity index (χ2v) is 9.19. The Hall–Kier alpha value is -3.10. The molecule has 0 spiro atoms. The fourth-order valence-corrected chi connectivity index (χ4v) is 4.91. The second kappa shape index (κ2) is 7.46. The number of rotatable bonds is 4. The van der Waals surface area contributed by atoms with Crippen molar-refractivity contribution in [1.29, 1.82) is 0 Å². The molecule has 1 aromatic carbocycles. The van der Waals surface area contributed by atoms with Crippen molar-refractivity contribution in [2.45, 2.75) is 45.4 Å². The number of benzene rings is 1. The van der Waals surface area contributed by atoms with Crippen LogP contribution in [-0.4, -0.2) is 46.2 Å². The Labute approximate surface area is 190 Å². The van der Waals surface area contributed by atoms with Crippen LogP contribution in [0.25, 0.3) is 22.3 Å². The number of carbonyl (C=O) groups is 1. The number of cyclic esters (lactones) is 1. The van der Waals surface area contributed by atoms with Crippen LogP contribution in [0.15, 0.2) is 23.0 Å². The Morgan fingerprint density at radius 1 is 1.24 bits per heavy atom. The first-order valence-corrected chi connectivity index (χ1v) is 11.1. The minimum absolute atomic E-state index is 0.0817. The molecule has 0 aliphatic carbocycles. The zero-order valence-electron chi connectivity index (χ0n) is 19.2. The van der Waals surface area contributed by atoms with Crippen molar-refractivity contribution in [3.8, 4) is 11.4 Å². The zero-order chi connectivity index (χ0) is 23.7. The van der Waals surface area contributed by atoms with Crippen molar-refractivity contribution in [3.05, 3.63) is 62.2 Å². The van der Waals surface area contributed by atoms with Gasteiger partial charge in [-0.05, 0) is 57.1 Å². The fraction of sp³-hybridized carbons (Fsp3) is 0.400. The van der Waals surface area contributed by atoms with E-state index in [1.807, 2.05) is 20.2 Å². The van der Waals surface area contributed by atoms with E-state index in [4.69, 9.17) is 9.72 Å². The Morgan fingerprint density at radius 3 is 2.70 bits per heavy atom. The van der Waals surface area contributed by atoms with E-state index in [2.05, 4.69) is 4.90 Å². The first-order chi connectivity index (χ1) is 15.7. The molecule has 1 N–H and O–H groups in total. The first kappa shape index (κ1) is 21.7. The predicted octanol–water partition coefficient (Wildman–Crippen LogP) is 2.63. The van der Waals surface area contributed by atoms with Crippen molar-refractivity contribution in [1.82, 2.24) is 14.5 Å². The molecule has 0 radical (unpaired) electrons. The first-order valence-electron chi connectivity index (χ1n) is 11.1. The normalized spacial score (nSPS) is 18.9. The summed E-state index contributed by atoms with van der Waals surface area (Å²) < 4.78 is 21.2. The van der Waals surface area contributed by atoms with Gasteiger partial charge in [0.1, 0.15) is 12.4 Å². The zero-order valence-corrected chi connectivity index (χ0v) is 19.2. The number of aliphatic hydroxyl groups is 1. The third kappa shape index (κ3) is 3.12. The number of likely N-dealkylation sites (N-methyl/N-ethyl adjacent to an activating group) is 1. The van der Waals surface area contributed by atoms with Gasteiger partial charge in [0.2, 0.25) is 0 Å². The molecule has 4 heterocycles. The number of aryl methyl sites for hydroxylation is 1. The van der Waals surface area contributed by atoms with Crippen LogP contribution in [0.1, 0.15) is 41.2 Å². The maximum absolute atomic E-state index is 14.4. The molecule has 0 amide bonds. The highest BCUT2D eigenvalue weighted by atomic mass is 19.1. The molecule has 0 saturated heterocycles. The SMILES string of the molecule is CC[C@@]1(O)C(=O)OCc2c1cc1n(c2=O)Cc2c-1nc1cc(F)c(C)cc1c2CCN(C)C. The maximum atomic E-state index is 14.4. The fourth-order valence-electron chi connectivity index (χ4n) is 4.91. The van der Waals surface area contributed by atoms with Gasteiger partial charge in [0.25, 0.3) is 5.56 Å². The molecule has 0 saturated carbocycles. The van der Waals surface area contributed by atoms with Gasteiger partial charge in [-0.3, -0.25) is 4.79 Å². The van der Waals surface area contributed by atoms with Crippen molar-refractivity contribution in [2.24, 2.45) is 0 Å². The molecule has 8 heteroatoms. The maximum Gasteiger partial charge on any atom is 0.343 e. The van der Waals surface area contributed by atoms with Gasteiger partial charge in [0, 0.05) is 29.1 Å². The molecule has 5 rings (SSSR count). The van der Waals surface area contributed by atoms with Gasteiger partial charge < -0.3 is 19.3 Å². The predicted molar refractivity (Wildman–Crippen MR) is 121 cm³/mol. The van der Waals surface area contributed by atoms with Gasteiger partial charge in [0.15, 0.2) is 5.60 Å². The number of pyridine rings is 2. The van der Waals surface area contributed by atoms with Crippen LogP contribution in [0.5, 0.6) is 0 Å². The van der Waals surface area contributed by atoms with E-state index in [1.54, 1.807) is 24.5 Å². The van der Waals surface area contributed by atoms with Gasteiger partial charge in [0.05, 0.1) is 29.0 Å². The lowest BCUT2D eigenvalue weighted by atomic mass is 9.86. The molecule has 3 aromatic rings. The van der Waals surface area contributed by atoms with Crippen LogP contribution in [0.2, 0.25) is 0 Å². The molecule has 0 unspecified atom stereocenters. The number of esters is 1. The van der Waals surface area contributed by atoms with Crippen molar-refractivity contribution < 1.29 is 19.0 Å². The van der Waals surface area contributed by atoms with Crippen LogP contribution >= 0.6 is 0 Å². The standard InChI is InChI=1S/C25H26FN3O4/c1-5-25(32)18-9-21-22-16(11-29(21)23(30)17(18)12-33-24(25)31)14(6-7-28(3)4)15-8-13(2)19(26)10-20(15)27-22/h8-10,32H,5-7,11-12H2,1-4H3/t25-/m0/s1. The Balaban J connectivity index is 1.80. The van der Waals surface area contributed by atoms with Crippen LogP contribution in [0, 0.1) is 12.7 Å². The van der Waals surface area contributed by atoms with E-state index in [-0.39, 0.29) is 35.5 Å². The van der Waals surface area contributed by atoms with E-state index in [9.17, 15) is 19.1 Å². The smallest absolute Gasteiger partial charge is 0.343 e. The van der Waals surface area contributed by atoms with E-state index >= 15 is 0 Å². The number of fused-ring (bicyclic) bond motifs is 5. The van der Waals surface area contributed by atoms with Crippen LogP contribution < -0.4 is 5.56 Å².